The van der Waals surface area contributed by atoms with Crippen LogP contribution in [-0.2, 0) is 20.8 Å². The zero-order valence-corrected chi connectivity index (χ0v) is 13.7. The Morgan fingerprint density at radius 1 is 1.24 bits per heavy atom. The maximum atomic E-state index is 12.6. The summed E-state index contributed by atoms with van der Waals surface area (Å²) in [5.74, 6) is -0.876. The summed E-state index contributed by atoms with van der Waals surface area (Å²) in [6.45, 7) is -0.471. The lowest BCUT2D eigenvalue weighted by Gasteiger charge is -2.12. The summed E-state index contributed by atoms with van der Waals surface area (Å²) in [7, 11) is -3.14. The average molecular weight is 379 g/mol. The Bertz CT molecular complexity index is 765. The van der Waals surface area contributed by atoms with E-state index in [4.69, 9.17) is 0 Å². The van der Waals surface area contributed by atoms with Crippen molar-refractivity contribution in [3.05, 3.63) is 29.8 Å². The van der Waals surface area contributed by atoms with Gasteiger partial charge < -0.3 is 16.0 Å². The van der Waals surface area contributed by atoms with E-state index in [1.165, 1.54) is 6.07 Å². The van der Waals surface area contributed by atoms with Crippen LogP contribution in [0.25, 0.3) is 0 Å². The molecular weight excluding hydrogens is 363 g/mol. The third-order valence-electron chi connectivity index (χ3n) is 3.45. The van der Waals surface area contributed by atoms with Crippen LogP contribution < -0.4 is 16.0 Å². The van der Waals surface area contributed by atoms with Crippen LogP contribution in [0.2, 0.25) is 0 Å². The number of nitrogens with one attached hydrogen (secondary N) is 3. The number of rotatable bonds is 4. The molecule has 0 spiro atoms. The third-order valence-corrected chi connectivity index (χ3v) is 5.22. The van der Waals surface area contributed by atoms with E-state index in [1.54, 1.807) is 0 Å². The number of amides is 3. The van der Waals surface area contributed by atoms with E-state index in [9.17, 15) is 31.2 Å². The number of halogens is 3. The molecule has 0 radical (unpaired) electrons. The first-order valence-corrected chi connectivity index (χ1v) is 9.09. The van der Waals surface area contributed by atoms with Gasteiger partial charge in [-0.3, -0.25) is 4.79 Å². The van der Waals surface area contributed by atoms with Crippen molar-refractivity contribution >= 4 is 27.5 Å². The second kappa shape index (κ2) is 7.30. The molecule has 0 unspecified atom stereocenters. The number of anilines is 1. The molecule has 1 aromatic rings. The van der Waals surface area contributed by atoms with E-state index in [1.807, 2.05) is 0 Å². The van der Waals surface area contributed by atoms with Crippen molar-refractivity contribution in [1.29, 1.82) is 0 Å². The topological polar surface area (TPSA) is 104 Å². The van der Waals surface area contributed by atoms with Crippen molar-refractivity contribution in [3.8, 4) is 0 Å². The molecule has 25 heavy (non-hydrogen) atoms. The second-order valence-electron chi connectivity index (χ2n) is 5.55. The normalized spacial score (nSPS) is 19.2. The maximum absolute atomic E-state index is 12.6. The summed E-state index contributed by atoms with van der Waals surface area (Å²) in [4.78, 5) is 23.3. The van der Waals surface area contributed by atoms with Gasteiger partial charge in [0, 0.05) is 11.7 Å². The van der Waals surface area contributed by atoms with Gasteiger partial charge in [0.05, 0.1) is 23.6 Å². The van der Waals surface area contributed by atoms with E-state index < -0.39 is 46.1 Å². The van der Waals surface area contributed by atoms with E-state index in [0.29, 0.717) is 6.42 Å². The number of urea groups is 1. The molecule has 1 heterocycles. The molecule has 11 heteroatoms. The number of hydrogen-bond acceptors (Lipinski definition) is 4. The first-order chi connectivity index (χ1) is 11.5. The third kappa shape index (κ3) is 5.93. The van der Waals surface area contributed by atoms with E-state index in [-0.39, 0.29) is 17.2 Å². The van der Waals surface area contributed by atoms with Gasteiger partial charge in [-0.05, 0) is 24.6 Å². The van der Waals surface area contributed by atoms with Crippen molar-refractivity contribution in [2.75, 3.05) is 23.4 Å². The van der Waals surface area contributed by atoms with Gasteiger partial charge in [0.2, 0.25) is 5.91 Å². The molecular formula is C14H16F3N3O4S. The number of benzene rings is 1. The van der Waals surface area contributed by atoms with Crippen molar-refractivity contribution in [3.63, 3.8) is 0 Å². The number of sulfone groups is 1. The van der Waals surface area contributed by atoms with Crippen molar-refractivity contribution in [1.82, 2.24) is 10.6 Å². The lowest BCUT2D eigenvalue weighted by Crippen LogP contribution is -2.45. The fraction of sp³-hybridized carbons (Fsp3) is 0.429. The summed E-state index contributed by atoms with van der Waals surface area (Å²) in [5.41, 5.74) is -0.956. The molecule has 0 aromatic heterocycles. The van der Waals surface area contributed by atoms with Crippen molar-refractivity contribution in [2.24, 2.45) is 0 Å². The summed E-state index contributed by atoms with van der Waals surface area (Å²) in [6, 6.07) is 2.85. The van der Waals surface area contributed by atoms with Crippen LogP contribution in [0, 0.1) is 0 Å². The number of alkyl halides is 3. The molecule has 2 rings (SSSR count). The fourth-order valence-corrected chi connectivity index (χ4v) is 3.96. The monoisotopic (exact) mass is 379 g/mol. The number of hydrogen-bond donors (Lipinski definition) is 3. The van der Waals surface area contributed by atoms with Crippen LogP contribution in [0.15, 0.2) is 24.3 Å². The molecule has 138 valence electrons. The highest BCUT2D eigenvalue weighted by molar-refractivity contribution is 7.91. The van der Waals surface area contributed by atoms with Crippen LogP contribution >= 0.6 is 0 Å². The van der Waals surface area contributed by atoms with Crippen LogP contribution in [0.5, 0.6) is 0 Å². The highest BCUT2D eigenvalue weighted by Crippen LogP contribution is 2.30. The predicted octanol–water partition coefficient (Wildman–Crippen LogP) is 1.13. The van der Waals surface area contributed by atoms with Crippen LogP contribution in [0.3, 0.4) is 0 Å². The molecule has 1 saturated heterocycles. The van der Waals surface area contributed by atoms with Gasteiger partial charge in [-0.1, -0.05) is 6.07 Å². The minimum absolute atomic E-state index is 0.00597. The Balaban J connectivity index is 1.80. The summed E-state index contributed by atoms with van der Waals surface area (Å²) >= 11 is 0. The molecule has 1 aliphatic rings. The van der Waals surface area contributed by atoms with Crippen molar-refractivity contribution in [2.45, 2.75) is 18.6 Å². The quantitative estimate of drug-likeness (QED) is 0.729. The minimum Gasteiger partial charge on any atom is -0.334 e. The molecule has 7 nitrogen and oxygen atoms in total. The Labute approximate surface area is 141 Å². The van der Waals surface area contributed by atoms with E-state index in [0.717, 1.165) is 18.2 Å². The SMILES string of the molecule is O=C(CNC(=O)N[C@H]1CCS(=O)(=O)C1)Nc1cccc(C(F)(F)F)c1. The lowest BCUT2D eigenvalue weighted by atomic mass is 10.2. The minimum atomic E-state index is -4.53. The van der Waals surface area contributed by atoms with Crippen LogP contribution in [0.4, 0.5) is 23.7 Å². The average Bonchev–Trinajstić information content (AvgIpc) is 2.83. The predicted molar refractivity (Wildman–Crippen MR) is 83.7 cm³/mol. The Morgan fingerprint density at radius 2 is 1.96 bits per heavy atom. The van der Waals surface area contributed by atoms with Gasteiger partial charge >= 0.3 is 12.2 Å². The van der Waals surface area contributed by atoms with Crippen molar-refractivity contribution < 1.29 is 31.2 Å². The summed E-state index contributed by atoms with van der Waals surface area (Å²) < 4.78 is 60.3. The molecule has 3 amide bonds. The van der Waals surface area contributed by atoms with Gasteiger partial charge in [0.15, 0.2) is 9.84 Å². The fourth-order valence-electron chi connectivity index (χ4n) is 2.28. The Kier molecular flexibility index (Phi) is 5.55. The summed E-state index contributed by atoms with van der Waals surface area (Å²) in [6.07, 6.45) is -4.23. The molecule has 0 saturated carbocycles. The molecule has 1 aromatic carbocycles. The highest BCUT2D eigenvalue weighted by atomic mass is 32.2. The molecule has 3 N–H and O–H groups in total. The first kappa shape index (κ1) is 19.0. The second-order valence-corrected chi connectivity index (χ2v) is 7.78. The molecule has 0 bridgehead atoms. The van der Waals surface area contributed by atoms with Gasteiger partial charge in [-0.25, -0.2) is 13.2 Å². The van der Waals surface area contributed by atoms with Gasteiger partial charge in [-0.15, -0.1) is 0 Å². The molecule has 1 fully saturated rings. The Hall–Kier alpha value is -2.30. The lowest BCUT2D eigenvalue weighted by molar-refractivity contribution is -0.137. The summed E-state index contributed by atoms with van der Waals surface area (Å²) in [5, 5.41) is 6.89. The zero-order valence-electron chi connectivity index (χ0n) is 12.9. The molecule has 0 aliphatic carbocycles. The van der Waals surface area contributed by atoms with Gasteiger partial charge in [0.25, 0.3) is 0 Å². The largest absolute Gasteiger partial charge is 0.416 e. The smallest absolute Gasteiger partial charge is 0.334 e. The van der Waals surface area contributed by atoms with Gasteiger partial charge in [-0.2, -0.15) is 13.2 Å². The van der Waals surface area contributed by atoms with E-state index in [2.05, 4.69) is 16.0 Å². The van der Waals surface area contributed by atoms with Crippen LogP contribution in [0.1, 0.15) is 12.0 Å². The zero-order chi connectivity index (χ0) is 18.7. The number of carbonyl (C=O) groups excluding carboxylic acids is 2. The molecule has 1 aliphatic heterocycles. The standard InChI is InChI=1S/C14H16F3N3O4S/c15-14(16,17)9-2-1-3-10(6-9)19-12(21)7-18-13(22)20-11-4-5-25(23,24)8-11/h1-3,6,11H,4-5,7-8H2,(H,19,21)(H2,18,20,22)/t11-/m0/s1. The van der Waals surface area contributed by atoms with Crippen LogP contribution in [-0.4, -0.2) is 44.4 Å². The molecule has 1 atom stereocenters. The first-order valence-electron chi connectivity index (χ1n) is 7.27. The highest BCUT2D eigenvalue weighted by Gasteiger charge is 2.30. The van der Waals surface area contributed by atoms with Gasteiger partial charge in [0.1, 0.15) is 0 Å². The Morgan fingerprint density at radius 3 is 2.56 bits per heavy atom. The van der Waals surface area contributed by atoms with E-state index >= 15 is 0 Å². The maximum Gasteiger partial charge on any atom is 0.416 e. The number of carbonyl (C=O) groups is 2.